The molecule has 0 aromatic rings. The van der Waals surface area contributed by atoms with Gasteiger partial charge in [-0.15, -0.1) is 0 Å². The summed E-state index contributed by atoms with van der Waals surface area (Å²) in [6, 6.07) is 0.748. The fraction of sp³-hybridized carbons (Fsp3) is 1.00. The highest BCUT2D eigenvalue weighted by atomic mass is 16.3. The fourth-order valence-corrected chi connectivity index (χ4v) is 2.34. The van der Waals surface area contributed by atoms with Crippen molar-refractivity contribution in [3.05, 3.63) is 0 Å². The van der Waals surface area contributed by atoms with Gasteiger partial charge in [0.25, 0.3) is 0 Å². The molecule has 0 bridgehead atoms. The quantitative estimate of drug-likeness (QED) is 0.721. The van der Waals surface area contributed by atoms with Gasteiger partial charge in [-0.3, -0.25) is 0 Å². The van der Waals surface area contributed by atoms with E-state index in [1.807, 2.05) is 0 Å². The first-order chi connectivity index (χ1) is 6.20. The molecule has 0 radical (unpaired) electrons. The Labute approximate surface area is 80.9 Å². The highest BCUT2D eigenvalue weighted by Crippen LogP contribution is 2.40. The molecule has 1 unspecified atom stereocenters. The first-order valence-electron chi connectivity index (χ1n) is 5.62. The minimum Gasteiger partial charge on any atom is -0.390 e. The second kappa shape index (κ2) is 3.58. The van der Waals surface area contributed by atoms with E-state index in [0.717, 1.165) is 25.3 Å². The maximum atomic E-state index is 9.73. The first-order valence-corrected chi connectivity index (χ1v) is 5.62. The van der Waals surface area contributed by atoms with Crippen molar-refractivity contribution in [2.45, 2.75) is 56.6 Å². The van der Waals surface area contributed by atoms with Crippen LogP contribution in [-0.2, 0) is 0 Å². The number of likely N-dealkylation sites (tertiary alicyclic amines) is 1. The van der Waals surface area contributed by atoms with Crippen LogP contribution in [0.3, 0.4) is 0 Å². The third-order valence-electron chi connectivity index (χ3n) is 3.69. The molecule has 0 aromatic heterocycles. The summed E-state index contributed by atoms with van der Waals surface area (Å²) in [7, 11) is 2.22. The predicted octanol–water partition coefficient (Wildman–Crippen LogP) is 1.78. The Kier molecular flexibility index (Phi) is 2.61. The molecule has 13 heavy (non-hydrogen) atoms. The summed E-state index contributed by atoms with van der Waals surface area (Å²) in [5.41, 5.74) is -0.238. The first kappa shape index (κ1) is 9.47. The molecule has 0 spiro atoms. The lowest BCUT2D eigenvalue weighted by Crippen LogP contribution is -2.36. The molecular formula is C11H21NO. The van der Waals surface area contributed by atoms with Crippen molar-refractivity contribution >= 4 is 0 Å². The van der Waals surface area contributed by atoms with E-state index >= 15 is 0 Å². The van der Waals surface area contributed by atoms with Crippen LogP contribution in [0.1, 0.15) is 44.9 Å². The summed E-state index contributed by atoms with van der Waals surface area (Å²) in [5.74, 6) is 0. The van der Waals surface area contributed by atoms with E-state index in [1.165, 1.54) is 32.2 Å². The van der Waals surface area contributed by atoms with Gasteiger partial charge in [0.1, 0.15) is 0 Å². The molecule has 1 heterocycles. The van der Waals surface area contributed by atoms with Crippen molar-refractivity contribution < 1.29 is 5.11 Å². The van der Waals surface area contributed by atoms with Crippen LogP contribution in [0.4, 0.5) is 0 Å². The van der Waals surface area contributed by atoms with Crippen molar-refractivity contribution in [1.82, 2.24) is 4.90 Å². The molecule has 1 N–H and O–H groups in total. The van der Waals surface area contributed by atoms with E-state index in [0.29, 0.717) is 0 Å². The van der Waals surface area contributed by atoms with Crippen LogP contribution >= 0.6 is 0 Å². The van der Waals surface area contributed by atoms with Crippen LogP contribution < -0.4 is 0 Å². The van der Waals surface area contributed by atoms with Crippen molar-refractivity contribution in [1.29, 1.82) is 0 Å². The second-order valence-corrected chi connectivity index (χ2v) is 4.89. The molecule has 2 aliphatic rings. The number of rotatable bonds is 3. The molecule has 2 rings (SSSR count). The topological polar surface area (TPSA) is 23.5 Å². The van der Waals surface area contributed by atoms with Crippen LogP contribution in [-0.4, -0.2) is 35.2 Å². The summed E-state index contributed by atoms with van der Waals surface area (Å²) in [4.78, 5) is 2.47. The van der Waals surface area contributed by atoms with E-state index in [1.54, 1.807) is 0 Å². The molecule has 1 aliphatic carbocycles. The van der Waals surface area contributed by atoms with Crippen LogP contribution in [0.5, 0.6) is 0 Å². The summed E-state index contributed by atoms with van der Waals surface area (Å²) in [6.07, 6.45) is 8.40. The zero-order valence-corrected chi connectivity index (χ0v) is 8.63. The summed E-state index contributed by atoms with van der Waals surface area (Å²) >= 11 is 0. The summed E-state index contributed by atoms with van der Waals surface area (Å²) in [5, 5.41) is 9.73. The normalized spacial score (nSPS) is 33.2. The lowest BCUT2D eigenvalue weighted by atomic mass is 9.97. The Morgan fingerprint density at radius 1 is 1.38 bits per heavy atom. The smallest absolute Gasteiger partial charge is 0.0650 e. The van der Waals surface area contributed by atoms with Gasteiger partial charge in [-0.2, -0.15) is 0 Å². The predicted molar refractivity (Wildman–Crippen MR) is 53.7 cm³/mol. The maximum absolute atomic E-state index is 9.73. The van der Waals surface area contributed by atoms with Crippen LogP contribution in [0.25, 0.3) is 0 Å². The van der Waals surface area contributed by atoms with E-state index in [2.05, 4.69) is 11.9 Å². The number of piperidine rings is 1. The molecule has 1 saturated carbocycles. The molecule has 2 heteroatoms. The zero-order valence-electron chi connectivity index (χ0n) is 8.63. The van der Waals surface area contributed by atoms with Crippen LogP contribution in [0.2, 0.25) is 0 Å². The minimum absolute atomic E-state index is 0.238. The number of hydrogen-bond acceptors (Lipinski definition) is 2. The summed E-state index contributed by atoms with van der Waals surface area (Å²) < 4.78 is 0. The Bertz CT molecular complexity index is 177. The molecular weight excluding hydrogens is 162 g/mol. The van der Waals surface area contributed by atoms with Gasteiger partial charge in [-0.25, -0.2) is 0 Å². The highest BCUT2D eigenvalue weighted by Gasteiger charge is 2.40. The standard InChI is InChI=1S/C11H21NO/c1-12-9-3-2-4-10(12)5-6-11(13)7-8-11/h10,13H,2-9H2,1H3. The third kappa shape index (κ3) is 2.44. The van der Waals surface area contributed by atoms with Gasteiger partial charge >= 0.3 is 0 Å². The van der Waals surface area contributed by atoms with E-state index in [4.69, 9.17) is 0 Å². The molecule has 1 saturated heterocycles. The van der Waals surface area contributed by atoms with Gasteiger partial charge < -0.3 is 10.0 Å². The highest BCUT2D eigenvalue weighted by molar-refractivity contribution is 4.94. The molecule has 76 valence electrons. The van der Waals surface area contributed by atoms with Gasteiger partial charge in [-0.05, 0) is 52.1 Å². The lowest BCUT2D eigenvalue weighted by molar-refractivity contribution is 0.108. The number of hydrogen-bond donors (Lipinski definition) is 1. The molecule has 1 atom stereocenters. The van der Waals surface area contributed by atoms with Crippen molar-refractivity contribution in [3.8, 4) is 0 Å². The van der Waals surface area contributed by atoms with Gasteiger partial charge in [0.05, 0.1) is 5.60 Å². The average molecular weight is 183 g/mol. The zero-order chi connectivity index (χ0) is 9.31. The van der Waals surface area contributed by atoms with Gasteiger partial charge in [0, 0.05) is 6.04 Å². The van der Waals surface area contributed by atoms with Gasteiger partial charge in [0.2, 0.25) is 0 Å². The fourth-order valence-electron chi connectivity index (χ4n) is 2.34. The molecule has 2 nitrogen and oxygen atoms in total. The largest absolute Gasteiger partial charge is 0.390 e. The number of aliphatic hydroxyl groups is 1. The number of nitrogens with zero attached hydrogens (tertiary/aromatic N) is 1. The van der Waals surface area contributed by atoms with E-state index in [-0.39, 0.29) is 5.60 Å². The van der Waals surface area contributed by atoms with Crippen molar-refractivity contribution in [3.63, 3.8) is 0 Å². The average Bonchev–Trinajstić information content (AvgIpc) is 2.83. The van der Waals surface area contributed by atoms with Crippen LogP contribution in [0, 0.1) is 0 Å². The maximum Gasteiger partial charge on any atom is 0.0650 e. The van der Waals surface area contributed by atoms with Crippen LogP contribution in [0.15, 0.2) is 0 Å². The van der Waals surface area contributed by atoms with E-state index < -0.39 is 0 Å². The SMILES string of the molecule is CN1CCCCC1CCC1(O)CC1. The molecule has 0 amide bonds. The van der Waals surface area contributed by atoms with Crippen molar-refractivity contribution in [2.24, 2.45) is 0 Å². The Hall–Kier alpha value is -0.0800. The second-order valence-electron chi connectivity index (χ2n) is 4.89. The van der Waals surface area contributed by atoms with E-state index in [9.17, 15) is 5.11 Å². The Morgan fingerprint density at radius 2 is 2.15 bits per heavy atom. The monoisotopic (exact) mass is 183 g/mol. The lowest BCUT2D eigenvalue weighted by Gasteiger charge is -2.33. The minimum atomic E-state index is -0.238. The molecule has 0 aromatic carbocycles. The third-order valence-corrected chi connectivity index (χ3v) is 3.69. The molecule has 1 aliphatic heterocycles. The Balaban J connectivity index is 1.73. The van der Waals surface area contributed by atoms with Gasteiger partial charge in [-0.1, -0.05) is 6.42 Å². The van der Waals surface area contributed by atoms with Crippen molar-refractivity contribution in [2.75, 3.05) is 13.6 Å². The molecule has 2 fully saturated rings. The Morgan fingerprint density at radius 3 is 2.77 bits per heavy atom. The van der Waals surface area contributed by atoms with Gasteiger partial charge in [0.15, 0.2) is 0 Å². The summed E-state index contributed by atoms with van der Waals surface area (Å²) in [6.45, 7) is 1.25.